The van der Waals surface area contributed by atoms with Gasteiger partial charge < -0.3 is 24.3 Å². The molecule has 1 aliphatic rings. The van der Waals surface area contributed by atoms with E-state index in [1.165, 1.54) is 12.1 Å². The maximum Gasteiger partial charge on any atom is 0.408 e. The van der Waals surface area contributed by atoms with Crippen molar-refractivity contribution < 1.29 is 33.5 Å². The number of rotatable bonds is 6. The molecule has 0 spiro atoms. The lowest BCUT2D eigenvalue weighted by atomic mass is 10.00. The topological polar surface area (TPSA) is 126 Å². The molecule has 0 radical (unpaired) electrons. The Bertz CT molecular complexity index is 738. The van der Waals surface area contributed by atoms with Crippen LogP contribution >= 0.6 is 0 Å². The van der Waals surface area contributed by atoms with Gasteiger partial charge in [-0.1, -0.05) is 12.1 Å². The van der Waals surface area contributed by atoms with Gasteiger partial charge in [-0.2, -0.15) is 0 Å². The van der Waals surface area contributed by atoms with E-state index in [4.69, 9.17) is 18.9 Å². The smallest absolute Gasteiger partial charge is 0.408 e. The van der Waals surface area contributed by atoms with Gasteiger partial charge in [-0.05, 0) is 26.8 Å². The number of nitro groups is 1. The zero-order valence-electron chi connectivity index (χ0n) is 16.2. The molecule has 1 saturated heterocycles. The first kappa shape index (κ1) is 21.6. The lowest BCUT2D eigenvalue weighted by Crippen LogP contribution is -2.45. The van der Waals surface area contributed by atoms with E-state index in [1.807, 2.05) is 0 Å². The normalized spacial score (nSPS) is 15.7. The van der Waals surface area contributed by atoms with E-state index < -0.39 is 34.9 Å². The van der Waals surface area contributed by atoms with Gasteiger partial charge in [0.1, 0.15) is 11.6 Å². The van der Waals surface area contributed by atoms with E-state index in [9.17, 15) is 19.7 Å². The number of benzene rings is 1. The van der Waals surface area contributed by atoms with Crippen LogP contribution in [0.2, 0.25) is 0 Å². The predicted octanol–water partition coefficient (Wildman–Crippen LogP) is 2.25. The number of methoxy groups -OCH3 is 1. The first-order valence-electron chi connectivity index (χ1n) is 8.69. The molecule has 1 amide bonds. The predicted molar refractivity (Wildman–Crippen MR) is 96.6 cm³/mol. The molecule has 1 aliphatic heterocycles. The number of para-hydroxylation sites is 1. The minimum absolute atomic E-state index is 0.164. The van der Waals surface area contributed by atoms with E-state index in [2.05, 4.69) is 5.32 Å². The molecule has 1 fully saturated rings. The quantitative estimate of drug-likeness (QED) is 0.441. The van der Waals surface area contributed by atoms with Crippen LogP contribution in [0, 0.1) is 10.1 Å². The van der Waals surface area contributed by atoms with Crippen LogP contribution in [-0.4, -0.2) is 49.0 Å². The molecule has 28 heavy (non-hydrogen) atoms. The van der Waals surface area contributed by atoms with Gasteiger partial charge >= 0.3 is 12.1 Å². The molecule has 10 heteroatoms. The van der Waals surface area contributed by atoms with Crippen molar-refractivity contribution in [1.82, 2.24) is 5.32 Å². The fraction of sp³-hybridized carbons (Fsp3) is 0.556. The highest BCUT2D eigenvalue weighted by Gasteiger charge is 2.32. The fourth-order valence-electron chi connectivity index (χ4n) is 2.73. The third-order valence-electron chi connectivity index (χ3n) is 3.81. The Balaban J connectivity index is 2.30. The molecule has 1 N–H and O–H groups in total. The molecule has 2 rings (SSSR count). The Hall–Kier alpha value is -2.72. The number of ether oxygens (including phenoxy) is 4. The van der Waals surface area contributed by atoms with Crippen LogP contribution in [0.4, 0.5) is 10.5 Å². The number of alkyl carbamates (subject to hydrolysis) is 1. The number of amides is 1. The van der Waals surface area contributed by atoms with Crippen LogP contribution in [0.3, 0.4) is 0 Å². The van der Waals surface area contributed by atoms with Crippen LogP contribution < -0.4 is 5.32 Å². The van der Waals surface area contributed by atoms with Crippen LogP contribution in [0.25, 0.3) is 0 Å². The van der Waals surface area contributed by atoms with Crippen molar-refractivity contribution in [2.75, 3.05) is 20.3 Å². The second kappa shape index (κ2) is 8.98. The van der Waals surface area contributed by atoms with Crippen molar-refractivity contribution in [3.05, 3.63) is 39.4 Å². The van der Waals surface area contributed by atoms with Crippen molar-refractivity contribution >= 4 is 17.7 Å². The summed E-state index contributed by atoms with van der Waals surface area (Å²) < 4.78 is 20.6. The Morgan fingerprint density at radius 3 is 2.50 bits per heavy atom. The Labute approximate surface area is 162 Å². The molecule has 154 valence electrons. The van der Waals surface area contributed by atoms with E-state index in [0.717, 1.165) is 7.11 Å². The number of nitrogens with zero attached hydrogens (tertiary/aromatic N) is 1. The molecule has 0 aromatic heterocycles. The number of carbonyl (C=O) groups is 2. The monoisotopic (exact) mass is 396 g/mol. The second-order valence-electron chi connectivity index (χ2n) is 7.11. The lowest BCUT2D eigenvalue weighted by molar-refractivity contribution is -0.387. The second-order valence-corrected chi connectivity index (χ2v) is 7.11. The summed E-state index contributed by atoms with van der Waals surface area (Å²) in [6, 6.07) is 3.47. The average molecular weight is 396 g/mol. The SMILES string of the molecule is COC(=O)[C@H](Cc1cccc(C2OCCO2)c1[N+](=O)[O-])NC(=O)OC(C)(C)C. The summed E-state index contributed by atoms with van der Waals surface area (Å²) in [6.45, 7) is 5.69. The van der Waals surface area contributed by atoms with E-state index >= 15 is 0 Å². The molecule has 10 nitrogen and oxygen atoms in total. The van der Waals surface area contributed by atoms with Crippen LogP contribution in [-0.2, 0) is 30.2 Å². The summed E-state index contributed by atoms with van der Waals surface area (Å²) in [6.07, 6.45) is -1.84. The molecular weight excluding hydrogens is 372 g/mol. The largest absolute Gasteiger partial charge is 0.467 e. The van der Waals surface area contributed by atoms with Crippen molar-refractivity contribution in [3.8, 4) is 0 Å². The Morgan fingerprint density at radius 2 is 1.96 bits per heavy atom. The number of esters is 1. The summed E-state index contributed by atoms with van der Waals surface area (Å²) in [4.78, 5) is 35.3. The van der Waals surface area contributed by atoms with Crippen molar-refractivity contribution in [2.45, 2.75) is 45.1 Å². The molecule has 1 aromatic carbocycles. The minimum atomic E-state index is -1.17. The third-order valence-corrected chi connectivity index (χ3v) is 3.81. The summed E-state index contributed by atoms with van der Waals surface area (Å²) in [5.41, 5.74) is -0.517. The van der Waals surface area contributed by atoms with Gasteiger partial charge in [0.25, 0.3) is 5.69 Å². The average Bonchev–Trinajstić information content (AvgIpc) is 3.12. The van der Waals surface area contributed by atoms with Gasteiger partial charge in [0, 0.05) is 12.0 Å². The summed E-state index contributed by atoms with van der Waals surface area (Å²) in [5, 5.41) is 14.1. The maximum absolute atomic E-state index is 12.1. The van der Waals surface area contributed by atoms with E-state index in [1.54, 1.807) is 26.8 Å². The van der Waals surface area contributed by atoms with Gasteiger partial charge in [-0.3, -0.25) is 10.1 Å². The summed E-state index contributed by atoms with van der Waals surface area (Å²) in [5.74, 6) is -0.751. The van der Waals surface area contributed by atoms with Crippen LogP contribution in [0.15, 0.2) is 18.2 Å². The molecular formula is C18H24N2O8. The number of carbonyl (C=O) groups excluding carboxylic acids is 2. The molecule has 1 aromatic rings. The molecule has 1 heterocycles. The van der Waals surface area contributed by atoms with Gasteiger partial charge in [0.2, 0.25) is 0 Å². The zero-order valence-corrected chi connectivity index (χ0v) is 16.2. The zero-order chi connectivity index (χ0) is 20.9. The van der Waals surface area contributed by atoms with Gasteiger partial charge in [0.05, 0.1) is 30.8 Å². The van der Waals surface area contributed by atoms with Gasteiger partial charge in [-0.15, -0.1) is 0 Å². The van der Waals surface area contributed by atoms with E-state index in [0.29, 0.717) is 13.2 Å². The first-order chi connectivity index (χ1) is 13.1. The number of nitrogens with one attached hydrogen (secondary N) is 1. The van der Waals surface area contributed by atoms with Gasteiger partial charge in [0.15, 0.2) is 6.29 Å². The highest BCUT2D eigenvalue weighted by Crippen LogP contribution is 2.34. The molecule has 1 atom stereocenters. The standard InChI is InChI=1S/C18H24N2O8/c1-18(2,3)28-17(22)19-13(15(21)25-4)10-11-6-5-7-12(14(11)20(23)24)16-26-8-9-27-16/h5-7,13,16H,8-10H2,1-4H3,(H,19,22)/t13-/m0/s1. The third kappa shape index (κ3) is 5.64. The fourth-order valence-corrected chi connectivity index (χ4v) is 2.73. The first-order valence-corrected chi connectivity index (χ1v) is 8.69. The van der Waals surface area contributed by atoms with Crippen molar-refractivity contribution in [2.24, 2.45) is 0 Å². The Kier molecular flexibility index (Phi) is 6.92. The van der Waals surface area contributed by atoms with Crippen molar-refractivity contribution in [1.29, 1.82) is 0 Å². The number of nitro benzene ring substituents is 1. The highest BCUT2D eigenvalue weighted by atomic mass is 16.7. The van der Waals surface area contributed by atoms with Gasteiger partial charge in [-0.25, -0.2) is 9.59 Å². The van der Waals surface area contributed by atoms with Crippen LogP contribution in [0.5, 0.6) is 0 Å². The summed E-state index contributed by atoms with van der Waals surface area (Å²) >= 11 is 0. The lowest BCUT2D eigenvalue weighted by Gasteiger charge is -2.23. The molecule has 0 bridgehead atoms. The van der Waals surface area contributed by atoms with Crippen molar-refractivity contribution in [3.63, 3.8) is 0 Å². The molecule has 0 saturated carbocycles. The number of hydrogen-bond acceptors (Lipinski definition) is 8. The van der Waals surface area contributed by atoms with E-state index in [-0.39, 0.29) is 23.2 Å². The molecule has 0 unspecified atom stereocenters. The maximum atomic E-state index is 12.1. The van der Waals surface area contributed by atoms with Crippen LogP contribution in [0.1, 0.15) is 38.2 Å². The number of hydrogen-bond donors (Lipinski definition) is 1. The molecule has 0 aliphatic carbocycles. The summed E-state index contributed by atoms with van der Waals surface area (Å²) in [7, 11) is 1.16. The highest BCUT2D eigenvalue weighted by molar-refractivity contribution is 5.82. The minimum Gasteiger partial charge on any atom is -0.467 e. The Morgan fingerprint density at radius 1 is 1.32 bits per heavy atom.